The van der Waals surface area contributed by atoms with Crippen LogP contribution < -0.4 is 0 Å². The van der Waals surface area contributed by atoms with Crippen LogP contribution in [0.15, 0.2) is 176 Å². The molecule has 8 aromatic carbocycles. The Hall–Kier alpha value is -5.37. The van der Waals surface area contributed by atoms with Crippen molar-refractivity contribution in [2.75, 3.05) is 0 Å². The van der Waals surface area contributed by atoms with Crippen LogP contribution in [-0.2, 0) is 0 Å². The lowest BCUT2D eigenvalue weighted by Gasteiger charge is -2.18. The Morgan fingerprint density at radius 2 is 0.936 bits per heavy atom. The monoisotopic (exact) mass is 616 g/mol. The fourth-order valence-corrected chi connectivity index (χ4v) is 8.55. The van der Waals surface area contributed by atoms with Crippen molar-refractivity contribution in [3.63, 3.8) is 0 Å². The Balaban J connectivity index is 1.14. The minimum absolute atomic E-state index is 0.475. The first-order chi connectivity index (χ1) is 23.3. The lowest BCUT2D eigenvalue weighted by Crippen LogP contribution is -1.91. The van der Waals surface area contributed by atoms with Gasteiger partial charge in [0, 0.05) is 10.2 Å². The van der Waals surface area contributed by atoms with Gasteiger partial charge in [0.1, 0.15) is 0 Å². The molecule has 0 N–H and O–H groups in total. The molecule has 222 valence electrons. The highest BCUT2D eigenvalue weighted by molar-refractivity contribution is 8.08. The zero-order valence-corrected chi connectivity index (χ0v) is 26.8. The number of hydrogen-bond donors (Lipinski definition) is 0. The van der Waals surface area contributed by atoms with Crippen molar-refractivity contribution in [2.24, 2.45) is 0 Å². The van der Waals surface area contributed by atoms with E-state index in [4.69, 9.17) is 0 Å². The second kappa shape index (κ2) is 11.8. The highest BCUT2D eigenvalue weighted by Gasteiger charge is 2.22. The Kier molecular flexibility index (Phi) is 6.99. The van der Waals surface area contributed by atoms with Gasteiger partial charge in [0.15, 0.2) is 0 Å². The van der Waals surface area contributed by atoms with Crippen molar-refractivity contribution in [2.45, 2.75) is 11.7 Å². The van der Waals surface area contributed by atoms with Gasteiger partial charge in [-0.2, -0.15) is 0 Å². The summed E-state index contributed by atoms with van der Waals surface area (Å²) < 4.78 is 0. The fourth-order valence-electron chi connectivity index (χ4n) is 7.30. The SMILES string of the molecule is C1=C(c2cccc(-c3c4ccccc4c(-c4ccc(-c5ccc6ccccc6c5)cc4)c4ccccc34)c2)SC(c2ccccc2)C1. The van der Waals surface area contributed by atoms with E-state index < -0.39 is 0 Å². The van der Waals surface area contributed by atoms with Gasteiger partial charge >= 0.3 is 0 Å². The molecule has 0 aliphatic carbocycles. The molecule has 1 aliphatic heterocycles. The molecule has 1 heterocycles. The molecular formula is C46H32S. The quantitative estimate of drug-likeness (QED) is 0.173. The van der Waals surface area contributed by atoms with Gasteiger partial charge < -0.3 is 0 Å². The molecule has 0 radical (unpaired) electrons. The summed E-state index contributed by atoms with van der Waals surface area (Å²) in [6.07, 6.45) is 3.48. The number of thioether (sulfide) groups is 1. The molecule has 1 heteroatoms. The van der Waals surface area contributed by atoms with Crippen LogP contribution in [0.25, 0.3) is 70.6 Å². The maximum atomic E-state index is 2.42. The van der Waals surface area contributed by atoms with Crippen molar-refractivity contribution in [3.8, 4) is 33.4 Å². The molecule has 0 saturated heterocycles. The maximum Gasteiger partial charge on any atom is 0.0379 e. The van der Waals surface area contributed by atoms with Crippen molar-refractivity contribution in [1.82, 2.24) is 0 Å². The molecule has 0 aromatic heterocycles. The summed E-state index contributed by atoms with van der Waals surface area (Å²) in [5.41, 5.74) is 10.3. The highest BCUT2D eigenvalue weighted by Crippen LogP contribution is 2.49. The summed E-state index contributed by atoms with van der Waals surface area (Å²) in [5, 5.41) is 8.14. The van der Waals surface area contributed by atoms with E-state index in [1.54, 1.807) is 0 Å². The van der Waals surface area contributed by atoms with Crippen LogP contribution in [0, 0.1) is 0 Å². The lowest BCUT2D eigenvalue weighted by molar-refractivity contribution is 0.991. The minimum atomic E-state index is 0.475. The van der Waals surface area contributed by atoms with Crippen molar-refractivity contribution in [1.29, 1.82) is 0 Å². The van der Waals surface area contributed by atoms with Gasteiger partial charge in [-0.15, -0.1) is 11.8 Å². The normalized spacial score (nSPS) is 14.6. The number of fused-ring (bicyclic) bond motifs is 3. The predicted molar refractivity (Wildman–Crippen MR) is 205 cm³/mol. The van der Waals surface area contributed by atoms with Crippen LogP contribution in [0.5, 0.6) is 0 Å². The molecule has 0 fully saturated rings. The Morgan fingerprint density at radius 3 is 1.64 bits per heavy atom. The first-order valence-electron chi connectivity index (χ1n) is 16.4. The highest BCUT2D eigenvalue weighted by atomic mass is 32.2. The van der Waals surface area contributed by atoms with Gasteiger partial charge in [-0.3, -0.25) is 0 Å². The molecule has 1 aliphatic rings. The molecule has 9 rings (SSSR count). The van der Waals surface area contributed by atoms with Crippen molar-refractivity contribution in [3.05, 3.63) is 187 Å². The molecule has 8 aromatic rings. The number of hydrogen-bond acceptors (Lipinski definition) is 1. The van der Waals surface area contributed by atoms with Gasteiger partial charge in [0.25, 0.3) is 0 Å². The van der Waals surface area contributed by atoms with Crippen LogP contribution in [-0.4, -0.2) is 0 Å². The lowest BCUT2D eigenvalue weighted by atomic mass is 9.85. The van der Waals surface area contributed by atoms with E-state index in [1.165, 1.54) is 81.7 Å². The minimum Gasteiger partial charge on any atom is -0.117 e. The second-order valence-electron chi connectivity index (χ2n) is 12.4. The van der Waals surface area contributed by atoms with E-state index in [-0.39, 0.29) is 0 Å². The fraction of sp³-hybridized carbons (Fsp3) is 0.0435. The third-order valence-corrected chi connectivity index (χ3v) is 11.0. The van der Waals surface area contributed by atoms with Crippen LogP contribution in [0.4, 0.5) is 0 Å². The standard InChI is InChI=1S/C46H32S/c1-2-12-33(13-3-1)43-27-28-44(47-43)37-15-10-16-38(30-37)46-41-19-8-6-17-39(41)45(40-18-7-9-20-42(40)46)34-24-21-32(22-25-34)36-26-23-31-11-4-5-14-35(31)29-36/h1-26,28-30,43H,27H2. The molecule has 0 saturated carbocycles. The molecule has 0 nitrogen and oxygen atoms in total. The number of rotatable bonds is 5. The topological polar surface area (TPSA) is 0 Å². The van der Waals surface area contributed by atoms with Crippen molar-refractivity contribution >= 4 is 49.0 Å². The van der Waals surface area contributed by atoms with Crippen LogP contribution in [0.2, 0.25) is 0 Å². The Labute approximate surface area is 280 Å². The molecule has 0 amide bonds. The molecule has 0 spiro atoms. The maximum absolute atomic E-state index is 2.42. The average molecular weight is 617 g/mol. The van der Waals surface area contributed by atoms with Gasteiger partial charge in [-0.1, -0.05) is 164 Å². The number of benzene rings is 8. The zero-order chi connectivity index (χ0) is 31.2. The largest absolute Gasteiger partial charge is 0.117 e. The summed E-state index contributed by atoms with van der Waals surface area (Å²) in [6.45, 7) is 0. The van der Waals surface area contributed by atoms with Gasteiger partial charge in [-0.25, -0.2) is 0 Å². The van der Waals surface area contributed by atoms with Gasteiger partial charge in [-0.05, 0) is 95.4 Å². The average Bonchev–Trinajstić information content (AvgIpc) is 3.65. The van der Waals surface area contributed by atoms with Crippen LogP contribution >= 0.6 is 11.8 Å². The molecule has 0 bridgehead atoms. The van der Waals surface area contributed by atoms with E-state index in [1.807, 2.05) is 11.8 Å². The summed E-state index contributed by atoms with van der Waals surface area (Å²) in [7, 11) is 0. The third kappa shape index (κ3) is 5.04. The second-order valence-corrected chi connectivity index (χ2v) is 13.6. The zero-order valence-electron chi connectivity index (χ0n) is 25.9. The Morgan fingerprint density at radius 1 is 0.383 bits per heavy atom. The van der Waals surface area contributed by atoms with Crippen LogP contribution in [0.3, 0.4) is 0 Å². The predicted octanol–water partition coefficient (Wildman–Crippen LogP) is 13.4. The Bertz CT molecular complexity index is 2390. The smallest absolute Gasteiger partial charge is 0.0379 e. The van der Waals surface area contributed by atoms with Gasteiger partial charge in [0.05, 0.1) is 0 Å². The molecular weight excluding hydrogens is 585 g/mol. The summed E-state index contributed by atoms with van der Waals surface area (Å²) >= 11 is 1.99. The van der Waals surface area contributed by atoms with Gasteiger partial charge in [0.2, 0.25) is 0 Å². The van der Waals surface area contributed by atoms with Crippen LogP contribution in [0.1, 0.15) is 22.8 Å². The summed E-state index contributed by atoms with van der Waals surface area (Å²) in [4.78, 5) is 1.37. The van der Waals surface area contributed by atoms with E-state index in [2.05, 4.69) is 176 Å². The third-order valence-electron chi connectivity index (χ3n) is 9.58. The first-order valence-corrected chi connectivity index (χ1v) is 17.2. The molecule has 1 atom stereocenters. The van der Waals surface area contributed by atoms with E-state index >= 15 is 0 Å². The van der Waals surface area contributed by atoms with Crippen molar-refractivity contribution < 1.29 is 0 Å². The first kappa shape index (κ1) is 27.9. The molecule has 1 unspecified atom stereocenters. The summed E-state index contributed by atoms with van der Waals surface area (Å²) in [6, 6.07) is 62.4. The van der Waals surface area contributed by atoms with E-state index in [0.29, 0.717) is 5.25 Å². The molecule has 47 heavy (non-hydrogen) atoms. The summed E-state index contributed by atoms with van der Waals surface area (Å²) in [5.74, 6) is 0. The number of allylic oxidation sites excluding steroid dienone is 1. The van der Waals surface area contributed by atoms with E-state index in [0.717, 1.165) is 6.42 Å². The van der Waals surface area contributed by atoms with E-state index in [9.17, 15) is 0 Å².